The van der Waals surface area contributed by atoms with Gasteiger partial charge in [0.2, 0.25) is 0 Å². The highest BCUT2D eigenvalue weighted by atomic mass is 28.3. The first-order valence-corrected chi connectivity index (χ1v) is 6.54. The molecule has 0 bridgehead atoms. The summed E-state index contributed by atoms with van der Waals surface area (Å²) in [6, 6.07) is 3.89. The fourth-order valence-electron chi connectivity index (χ4n) is 1.05. The summed E-state index contributed by atoms with van der Waals surface area (Å²) >= 11 is 0. The molecule has 0 aromatic rings. The molecule has 0 rings (SSSR count). The summed E-state index contributed by atoms with van der Waals surface area (Å²) in [5.74, 6) is 0.564. The van der Waals surface area contributed by atoms with Crippen LogP contribution in [0.2, 0.25) is 18.1 Å². The minimum Gasteiger partial charge on any atom is -0.513 e. The van der Waals surface area contributed by atoms with E-state index in [4.69, 9.17) is 0 Å². The van der Waals surface area contributed by atoms with Crippen LogP contribution in [-0.2, 0) is 0 Å². The van der Waals surface area contributed by atoms with Gasteiger partial charge < -0.3 is 5.11 Å². The molecule has 0 atom stereocenters. The van der Waals surface area contributed by atoms with Crippen molar-refractivity contribution in [1.29, 1.82) is 0 Å². The SMILES string of the molecule is CC=C(O)CC[Si](CC)CC. The predicted molar refractivity (Wildman–Crippen MR) is 52.5 cm³/mol. The van der Waals surface area contributed by atoms with Crippen LogP contribution in [0.25, 0.3) is 0 Å². The quantitative estimate of drug-likeness (QED) is 0.496. The first-order chi connectivity index (χ1) is 5.24. The van der Waals surface area contributed by atoms with E-state index in [2.05, 4.69) is 13.8 Å². The van der Waals surface area contributed by atoms with Gasteiger partial charge in [0, 0.05) is 15.2 Å². The predicted octanol–water partition coefficient (Wildman–Crippen LogP) is 3.37. The van der Waals surface area contributed by atoms with E-state index in [9.17, 15) is 5.11 Å². The Hall–Kier alpha value is -0.243. The summed E-state index contributed by atoms with van der Waals surface area (Å²) in [4.78, 5) is 0. The standard InChI is InChI=1S/C9H19OSi/c1-4-9(10)7-8-11(5-2)6-3/h4,10H,5-8H2,1-3H3. The van der Waals surface area contributed by atoms with Gasteiger partial charge >= 0.3 is 0 Å². The van der Waals surface area contributed by atoms with Crippen LogP contribution < -0.4 is 0 Å². The maximum Gasteiger partial charge on any atom is 0.0877 e. The highest BCUT2D eigenvalue weighted by Gasteiger charge is 2.05. The van der Waals surface area contributed by atoms with Gasteiger partial charge in [-0.05, 0) is 13.0 Å². The van der Waals surface area contributed by atoms with Crippen LogP contribution in [0.5, 0.6) is 0 Å². The Labute approximate surface area is 71.7 Å². The molecule has 0 aliphatic carbocycles. The van der Waals surface area contributed by atoms with Crippen molar-refractivity contribution in [3.63, 3.8) is 0 Å². The van der Waals surface area contributed by atoms with Crippen molar-refractivity contribution in [2.45, 2.75) is 45.3 Å². The molecule has 0 heterocycles. The van der Waals surface area contributed by atoms with Crippen molar-refractivity contribution in [3.05, 3.63) is 11.8 Å². The zero-order valence-electron chi connectivity index (χ0n) is 7.85. The molecule has 11 heavy (non-hydrogen) atoms. The maximum atomic E-state index is 9.18. The van der Waals surface area contributed by atoms with Crippen LogP contribution >= 0.6 is 0 Å². The van der Waals surface area contributed by atoms with Crippen molar-refractivity contribution < 1.29 is 5.11 Å². The normalized spacial score (nSPS) is 12.5. The molecular weight excluding hydrogens is 152 g/mol. The number of aliphatic hydroxyl groups excluding tert-OH is 1. The molecule has 65 valence electrons. The van der Waals surface area contributed by atoms with Crippen LogP contribution in [0, 0.1) is 0 Å². The zero-order valence-corrected chi connectivity index (χ0v) is 8.85. The first-order valence-electron chi connectivity index (χ1n) is 4.42. The number of hydrogen-bond donors (Lipinski definition) is 1. The molecule has 0 aromatic carbocycles. The van der Waals surface area contributed by atoms with Crippen molar-refractivity contribution in [1.82, 2.24) is 0 Å². The first kappa shape index (κ1) is 10.8. The van der Waals surface area contributed by atoms with Crippen molar-refractivity contribution in [2.75, 3.05) is 0 Å². The number of aliphatic hydroxyl groups is 1. The second kappa shape index (κ2) is 6.47. The molecule has 0 aromatic heterocycles. The van der Waals surface area contributed by atoms with Crippen LogP contribution in [0.3, 0.4) is 0 Å². The molecule has 0 aliphatic heterocycles. The Bertz CT molecular complexity index is 117. The van der Waals surface area contributed by atoms with E-state index >= 15 is 0 Å². The van der Waals surface area contributed by atoms with E-state index in [1.807, 2.05) is 6.92 Å². The smallest absolute Gasteiger partial charge is 0.0877 e. The summed E-state index contributed by atoms with van der Waals surface area (Å²) in [7, 11) is -0.129. The van der Waals surface area contributed by atoms with Crippen LogP contribution in [-0.4, -0.2) is 13.9 Å². The van der Waals surface area contributed by atoms with E-state index in [0.717, 1.165) is 6.42 Å². The lowest BCUT2D eigenvalue weighted by Crippen LogP contribution is -2.08. The molecular formula is C9H19OSi. The van der Waals surface area contributed by atoms with Gasteiger partial charge in [-0.3, -0.25) is 0 Å². The summed E-state index contributed by atoms with van der Waals surface area (Å²) in [6.07, 6.45) is 2.69. The van der Waals surface area contributed by atoms with Crippen molar-refractivity contribution >= 4 is 8.80 Å². The van der Waals surface area contributed by atoms with E-state index in [0.29, 0.717) is 5.76 Å². The number of rotatable bonds is 5. The third-order valence-electron chi connectivity index (χ3n) is 2.07. The molecule has 1 nitrogen and oxygen atoms in total. The van der Waals surface area contributed by atoms with E-state index in [-0.39, 0.29) is 8.80 Å². The third kappa shape index (κ3) is 5.07. The van der Waals surface area contributed by atoms with Gasteiger partial charge in [-0.15, -0.1) is 0 Å². The molecule has 0 aliphatic rings. The average Bonchev–Trinajstić information content (AvgIpc) is 2.06. The van der Waals surface area contributed by atoms with E-state index < -0.39 is 0 Å². The summed E-state index contributed by atoms with van der Waals surface area (Å²) < 4.78 is 0. The summed E-state index contributed by atoms with van der Waals surface area (Å²) in [5, 5.41) is 9.18. The van der Waals surface area contributed by atoms with Crippen LogP contribution in [0.4, 0.5) is 0 Å². The molecule has 0 spiro atoms. The van der Waals surface area contributed by atoms with Gasteiger partial charge in [-0.1, -0.05) is 32.0 Å². The van der Waals surface area contributed by atoms with Crippen LogP contribution in [0.15, 0.2) is 11.8 Å². The minimum atomic E-state index is -0.129. The molecule has 0 saturated carbocycles. The topological polar surface area (TPSA) is 20.2 Å². The molecule has 1 radical (unpaired) electrons. The van der Waals surface area contributed by atoms with Crippen LogP contribution in [0.1, 0.15) is 27.2 Å². The fourth-order valence-corrected chi connectivity index (χ4v) is 2.87. The second-order valence-electron chi connectivity index (χ2n) is 2.74. The lowest BCUT2D eigenvalue weighted by molar-refractivity contribution is 0.393. The molecule has 0 fully saturated rings. The highest BCUT2D eigenvalue weighted by Crippen LogP contribution is 2.10. The maximum absolute atomic E-state index is 9.18. The Kier molecular flexibility index (Phi) is 6.32. The third-order valence-corrected chi connectivity index (χ3v) is 5.03. The zero-order chi connectivity index (χ0) is 8.69. The molecule has 0 unspecified atom stereocenters. The highest BCUT2D eigenvalue weighted by molar-refractivity contribution is 6.58. The number of allylic oxidation sites excluding steroid dienone is 2. The van der Waals surface area contributed by atoms with Gasteiger partial charge in [0.05, 0.1) is 5.76 Å². The second-order valence-corrected chi connectivity index (χ2v) is 6.15. The Balaban J connectivity index is 3.50. The lowest BCUT2D eigenvalue weighted by atomic mass is 10.4. The Morgan fingerprint density at radius 2 is 1.91 bits per heavy atom. The Morgan fingerprint density at radius 1 is 1.36 bits per heavy atom. The lowest BCUT2D eigenvalue weighted by Gasteiger charge is -2.08. The van der Waals surface area contributed by atoms with E-state index in [1.54, 1.807) is 6.08 Å². The summed E-state index contributed by atoms with van der Waals surface area (Å²) in [5.41, 5.74) is 0. The largest absolute Gasteiger partial charge is 0.513 e. The molecule has 2 heteroatoms. The van der Waals surface area contributed by atoms with E-state index in [1.165, 1.54) is 18.1 Å². The Morgan fingerprint density at radius 3 is 2.27 bits per heavy atom. The average molecular weight is 171 g/mol. The molecule has 1 N–H and O–H groups in total. The molecule has 0 saturated heterocycles. The minimum absolute atomic E-state index is 0.129. The van der Waals surface area contributed by atoms with Gasteiger partial charge in [0.15, 0.2) is 0 Å². The fraction of sp³-hybridized carbons (Fsp3) is 0.778. The van der Waals surface area contributed by atoms with Gasteiger partial charge in [-0.25, -0.2) is 0 Å². The summed E-state index contributed by atoms with van der Waals surface area (Å²) in [6.45, 7) is 6.40. The van der Waals surface area contributed by atoms with Crippen molar-refractivity contribution in [3.8, 4) is 0 Å². The molecule has 0 amide bonds. The number of hydrogen-bond acceptors (Lipinski definition) is 1. The van der Waals surface area contributed by atoms with Gasteiger partial charge in [0.25, 0.3) is 0 Å². The van der Waals surface area contributed by atoms with Gasteiger partial charge in [-0.2, -0.15) is 0 Å². The van der Waals surface area contributed by atoms with Crippen molar-refractivity contribution in [2.24, 2.45) is 0 Å². The monoisotopic (exact) mass is 171 g/mol. The van der Waals surface area contributed by atoms with Gasteiger partial charge in [0.1, 0.15) is 0 Å².